The number of benzene rings is 3. The maximum Gasteiger partial charge on any atom is 0.262 e. The fourth-order valence-corrected chi connectivity index (χ4v) is 6.05. The van der Waals surface area contributed by atoms with Crippen LogP contribution >= 0.6 is 11.8 Å². The van der Waals surface area contributed by atoms with E-state index < -0.39 is 0 Å². The Morgan fingerprint density at radius 1 is 0.903 bits per heavy atom. The first-order valence-corrected chi connectivity index (χ1v) is 11.4. The van der Waals surface area contributed by atoms with Crippen molar-refractivity contribution in [1.29, 1.82) is 0 Å². The minimum Gasteiger partial charge on any atom is -0.305 e. The van der Waals surface area contributed by atoms with E-state index in [-0.39, 0.29) is 21.9 Å². The van der Waals surface area contributed by atoms with Crippen LogP contribution in [0, 0.1) is 0 Å². The Kier molecular flexibility index (Phi) is 6.76. The van der Waals surface area contributed by atoms with Crippen LogP contribution in [0.15, 0.2) is 91.0 Å². The maximum atomic E-state index is 12.6. The summed E-state index contributed by atoms with van der Waals surface area (Å²) in [6.07, 6.45) is 0.755. The van der Waals surface area contributed by atoms with Crippen molar-refractivity contribution < 1.29 is 9.63 Å². The molecule has 4 nitrogen and oxygen atoms in total. The van der Waals surface area contributed by atoms with Crippen molar-refractivity contribution in [3.63, 3.8) is 0 Å². The van der Waals surface area contributed by atoms with Gasteiger partial charge in [-0.05, 0) is 23.1 Å². The minimum absolute atomic E-state index is 0.0321. The highest BCUT2D eigenvalue weighted by molar-refractivity contribution is 8.01. The summed E-state index contributed by atoms with van der Waals surface area (Å²) < 4.78 is -0.374. The van der Waals surface area contributed by atoms with Crippen molar-refractivity contribution >= 4 is 17.7 Å². The predicted octanol–water partition coefficient (Wildman–Crippen LogP) is 4.46. The van der Waals surface area contributed by atoms with Gasteiger partial charge in [0.1, 0.15) is 0 Å². The van der Waals surface area contributed by atoms with Gasteiger partial charge in [0.2, 0.25) is 0 Å². The summed E-state index contributed by atoms with van der Waals surface area (Å²) in [5, 5.41) is 4.98. The lowest BCUT2D eigenvalue weighted by Gasteiger charge is -2.37. The Morgan fingerprint density at radius 2 is 1.35 bits per heavy atom. The van der Waals surface area contributed by atoms with Crippen LogP contribution in [-0.2, 0) is 14.4 Å². The van der Waals surface area contributed by atoms with Crippen molar-refractivity contribution in [2.24, 2.45) is 0 Å². The number of carbonyl (C=O) groups excluding carboxylic acids is 1. The van der Waals surface area contributed by atoms with E-state index in [4.69, 9.17) is 4.84 Å². The van der Waals surface area contributed by atoms with Gasteiger partial charge >= 0.3 is 0 Å². The molecule has 2 atom stereocenters. The van der Waals surface area contributed by atoms with Gasteiger partial charge in [-0.25, -0.2) is 5.06 Å². The molecule has 4 rings (SSSR count). The van der Waals surface area contributed by atoms with Gasteiger partial charge in [0.15, 0.2) is 0 Å². The molecule has 0 aliphatic carbocycles. The van der Waals surface area contributed by atoms with Crippen molar-refractivity contribution in [3.8, 4) is 0 Å². The van der Waals surface area contributed by atoms with Crippen LogP contribution in [0.3, 0.4) is 0 Å². The standard InChI is InChI=1S/C26H28N2O2S/c1-28(30-2)25(29)24-18-23(19-27-24)31-26(20-12-6-3-7-13-20,21-14-8-4-9-15-21)22-16-10-5-11-17-22/h3-17,23-24,27H,18-19H2,1-2H3/t23-,24+/m1/s1. The lowest BCUT2D eigenvalue weighted by molar-refractivity contribution is -0.170. The lowest BCUT2D eigenvalue weighted by atomic mass is 9.84. The Bertz CT molecular complexity index is 885. The number of hydrogen-bond acceptors (Lipinski definition) is 4. The molecule has 0 aromatic heterocycles. The average molecular weight is 433 g/mol. The molecular formula is C26H28N2O2S. The summed E-state index contributed by atoms with van der Waals surface area (Å²) in [7, 11) is 3.18. The molecule has 1 heterocycles. The van der Waals surface area contributed by atoms with E-state index in [0.717, 1.165) is 13.0 Å². The summed E-state index contributed by atoms with van der Waals surface area (Å²) in [5.74, 6) is -0.0321. The molecule has 0 bridgehead atoms. The molecule has 3 aromatic carbocycles. The number of carbonyl (C=O) groups is 1. The molecule has 0 spiro atoms. The van der Waals surface area contributed by atoms with Gasteiger partial charge in [-0.1, -0.05) is 91.0 Å². The third kappa shape index (κ3) is 4.40. The van der Waals surface area contributed by atoms with Gasteiger partial charge in [0, 0.05) is 18.8 Å². The lowest BCUT2D eigenvalue weighted by Crippen LogP contribution is -2.40. The number of rotatable bonds is 7. The number of hydrogen-bond donors (Lipinski definition) is 1. The molecule has 0 radical (unpaired) electrons. The summed E-state index contributed by atoms with van der Waals surface area (Å²) >= 11 is 1.93. The summed E-state index contributed by atoms with van der Waals surface area (Å²) in [6, 6.07) is 31.8. The monoisotopic (exact) mass is 432 g/mol. The zero-order valence-electron chi connectivity index (χ0n) is 17.9. The fourth-order valence-electron chi connectivity index (χ4n) is 4.26. The highest BCUT2D eigenvalue weighted by Crippen LogP contribution is 2.51. The SMILES string of the molecule is CON(C)C(=O)[C@@H]1C[C@@H](SC(c2ccccc2)(c2ccccc2)c2ccccc2)CN1. The van der Waals surface area contributed by atoms with Gasteiger partial charge in [0.25, 0.3) is 5.91 Å². The molecule has 0 unspecified atom stereocenters. The summed E-state index contributed by atoms with van der Waals surface area (Å²) in [6.45, 7) is 0.771. The van der Waals surface area contributed by atoms with Gasteiger partial charge in [-0.2, -0.15) is 0 Å². The molecule has 1 fully saturated rings. The zero-order chi connectivity index (χ0) is 21.7. The molecule has 1 aliphatic rings. The first-order valence-electron chi connectivity index (χ1n) is 10.5. The quantitative estimate of drug-likeness (QED) is 0.442. The van der Waals surface area contributed by atoms with Crippen molar-refractivity contribution in [2.45, 2.75) is 22.5 Å². The minimum atomic E-state index is -0.374. The molecule has 31 heavy (non-hydrogen) atoms. The molecule has 1 saturated heterocycles. The maximum absolute atomic E-state index is 12.6. The van der Waals surface area contributed by atoms with Gasteiger partial charge < -0.3 is 5.32 Å². The number of likely N-dealkylation sites (N-methyl/N-ethyl adjacent to an activating group) is 1. The van der Waals surface area contributed by atoms with E-state index in [1.165, 1.54) is 28.9 Å². The van der Waals surface area contributed by atoms with E-state index in [9.17, 15) is 4.79 Å². The second-order valence-electron chi connectivity index (χ2n) is 7.73. The van der Waals surface area contributed by atoms with Crippen LogP contribution in [0.1, 0.15) is 23.1 Å². The van der Waals surface area contributed by atoms with E-state index in [1.54, 1.807) is 7.05 Å². The number of amides is 1. The van der Waals surface area contributed by atoms with E-state index in [0.29, 0.717) is 0 Å². The zero-order valence-corrected chi connectivity index (χ0v) is 18.7. The highest BCUT2D eigenvalue weighted by Gasteiger charge is 2.42. The summed E-state index contributed by atoms with van der Waals surface area (Å²) in [5.41, 5.74) is 3.71. The smallest absolute Gasteiger partial charge is 0.262 e. The van der Waals surface area contributed by atoms with Crippen molar-refractivity contribution in [3.05, 3.63) is 108 Å². The normalized spacial score (nSPS) is 18.6. The number of thioether (sulfide) groups is 1. The Morgan fingerprint density at radius 3 is 1.77 bits per heavy atom. The molecule has 3 aromatic rings. The Balaban J connectivity index is 1.76. The molecule has 0 saturated carbocycles. The molecule has 5 heteroatoms. The van der Waals surface area contributed by atoms with Crippen LogP contribution in [0.25, 0.3) is 0 Å². The fraction of sp³-hybridized carbons (Fsp3) is 0.269. The third-order valence-corrected chi connectivity index (χ3v) is 7.61. The number of hydroxylamine groups is 2. The van der Waals surface area contributed by atoms with Crippen LogP contribution in [0.2, 0.25) is 0 Å². The molecule has 1 N–H and O–H groups in total. The van der Waals surface area contributed by atoms with E-state index in [2.05, 4.69) is 96.3 Å². The first-order chi connectivity index (χ1) is 15.1. The number of nitrogens with one attached hydrogen (secondary N) is 1. The van der Waals surface area contributed by atoms with Crippen LogP contribution in [-0.4, -0.2) is 43.0 Å². The van der Waals surface area contributed by atoms with Crippen molar-refractivity contribution in [1.82, 2.24) is 10.4 Å². The Hall–Kier alpha value is -2.60. The van der Waals surface area contributed by atoms with E-state index in [1.807, 2.05) is 11.8 Å². The topological polar surface area (TPSA) is 41.6 Å². The average Bonchev–Trinajstić information content (AvgIpc) is 3.31. The van der Waals surface area contributed by atoms with Crippen LogP contribution in [0.5, 0.6) is 0 Å². The molecular weight excluding hydrogens is 404 g/mol. The van der Waals surface area contributed by atoms with E-state index >= 15 is 0 Å². The van der Waals surface area contributed by atoms with Crippen LogP contribution < -0.4 is 5.32 Å². The molecule has 1 amide bonds. The van der Waals surface area contributed by atoms with Gasteiger partial charge in [0.05, 0.1) is 17.9 Å². The van der Waals surface area contributed by atoms with Gasteiger partial charge in [-0.15, -0.1) is 11.8 Å². The molecule has 160 valence electrons. The summed E-state index contributed by atoms with van der Waals surface area (Å²) in [4.78, 5) is 17.7. The largest absolute Gasteiger partial charge is 0.305 e. The van der Waals surface area contributed by atoms with Gasteiger partial charge in [-0.3, -0.25) is 9.63 Å². The Labute approximate surface area is 188 Å². The number of nitrogens with zero attached hydrogens (tertiary/aromatic N) is 1. The predicted molar refractivity (Wildman–Crippen MR) is 127 cm³/mol. The second-order valence-corrected chi connectivity index (χ2v) is 9.25. The second kappa shape index (κ2) is 9.69. The van der Waals surface area contributed by atoms with Crippen molar-refractivity contribution in [2.75, 3.05) is 20.7 Å². The first kappa shape index (κ1) is 21.6. The third-order valence-electron chi connectivity index (χ3n) is 5.86. The molecule has 1 aliphatic heterocycles. The van der Waals surface area contributed by atoms with Crippen LogP contribution in [0.4, 0.5) is 0 Å². The highest BCUT2D eigenvalue weighted by atomic mass is 32.2.